The Morgan fingerprint density at radius 1 is 1.45 bits per heavy atom. The van der Waals surface area contributed by atoms with Gasteiger partial charge in [-0.25, -0.2) is 0 Å². The molecule has 2 nitrogen and oxygen atoms in total. The molecule has 0 fully saturated rings. The third-order valence-electron chi connectivity index (χ3n) is 0.671. The predicted molar refractivity (Wildman–Crippen MR) is 51.0 cm³/mol. The quantitative estimate of drug-likeness (QED) is 0.640. The molecule has 0 bridgehead atoms. The minimum absolute atomic E-state index is 0. The fourth-order valence-corrected chi connectivity index (χ4v) is 0.257. The van der Waals surface area contributed by atoms with Gasteiger partial charge in [0, 0.05) is 7.11 Å². The Labute approximate surface area is 74.0 Å². The van der Waals surface area contributed by atoms with Crippen LogP contribution in [0.15, 0.2) is 37.0 Å². The van der Waals surface area contributed by atoms with Crippen LogP contribution in [0.5, 0.6) is 0 Å². The van der Waals surface area contributed by atoms with E-state index in [1.165, 1.54) is 0 Å². The molecule has 0 saturated heterocycles. The summed E-state index contributed by atoms with van der Waals surface area (Å²) in [6, 6.07) is 0. The lowest BCUT2D eigenvalue weighted by molar-refractivity contribution is 0.335. The predicted octanol–water partition coefficient (Wildman–Crippen LogP) is 1.31. The van der Waals surface area contributed by atoms with Gasteiger partial charge in [-0.2, -0.15) is 0 Å². The van der Waals surface area contributed by atoms with Gasteiger partial charge in [0.1, 0.15) is 0 Å². The molecule has 0 aliphatic rings. The molecule has 11 heavy (non-hydrogen) atoms. The van der Waals surface area contributed by atoms with Crippen molar-refractivity contribution in [3.05, 3.63) is 37.0 Å². The Balaban J connectivity index is -0.000000196. The summed E-state index contributed by atoms with van der Waals surface area (Å²) in [6.07, 6.45) is 5.09. The summed E-state index contributed by atoms with van der Waals surface area (Å²) in [5.41, 5.74) is 0.699. The summed E-state index contributed by atoms with van der Waals surface area (Å²) in [6.45, 7) is 7.00. The molecule has 2 N–H and O–H groups in total. The summed E-state index contributed by atoms with van der Waals surface area (Å²) in [5, 5.41) is 15.4. The van der Waals surface area contributed by atoms with Gasteiger partial charge in [-0.15, -0.1) is 12.4 Å². The van der Waals surface area contributed by atoms with Crippen molar-refractivity contribution in [2.24, 2.45) is 0 Å². The highest BCUT2D eigenvalue weighted by atomic mass is 35.5. The lowest BCUT2D eigenvalue weighted by atomic mass is 10.3. The number of rotatable bonds is 3. The number of allylic oxidation sites excluding steroid dienone is 2. The summed E-state index contributed by atoms with van der Waals surface area (Å²) in [7, 11) is 1.00. The summed E-state index contributed by atoms with van der Waals surface area (Å²) in [4.78, 5) is 0. The standard InChI is InChI=1S/C7H10O.CH4O.ClH/c1-3-4-5-7(2)6-8;1-2;/h3-5,8H,1-2,6H2;2H,1H3;1H/b5-4-;;. The van der Waals surface area contributed by atoms with Gasteiger partial charge < -0.3 is 10.2 Å². The molecule has 0 saturated carbocycles. The first-order valence-corrected chi connectivity index (χ1v) is 2.83. The van der Waals surface area contributed by atoms with Crippen molar-refractivity contribution in [1.82, 2.24) is 0 Å². The van der Waals surface area contributed by atoms with Crippen molar-refractivity contribution in [3.8, 4) is 0 Å². The first-order chi connectivity index (χ1) is 4.81. The van der Waals surface area contributed by atoms with Crippen molar-refractivity contribution in [1.29, 1.82) is 0 Å². The topological polar surface area (TPSA) is 40.5 Å². The van der Waals surface area contributed by atoms with Gasteiger partial charge in [0.05, 0.1) is 6.61 Å². The smallest absolute Gasteiger partial charge is 0.0676 e. The van der Waals surface area contributed by atoms with E-state index < -0.39 is 0 Å². The Hall–Kier alpha value is -0.570. The lowest BCUT2D eigenvalue weighted by Gasteiger charge is -1.86. The molecule has 0 rings (SSSR count). The SMILES string of the molecule is C=C/C=C\C(=C)CO.CO.Cl. The molecule has 0 aromatic heterocycles. The van der Waals surface area contributed by atoms with Crippen molar-refractivity contribution >= 4 is 12.4 Å². The van der Waals surface area contributed by atoms with Crippen molar-refractivity contribution in [2.45, 2.75) is 0 Å². The molecule has 0 spiro atoms. The Morgan fingerprint density at radius 2 is 1.91 bits per heavy atom. The molecule has 0 radical (unpaired) electrons. The van der Waals surface area contributed by atoms with Crippen molar-refractivity contribution in [2.75, 3.05) is 13.7 Å². The van der Waals surface area contributed by atoms with E-state index in [0.29, 0.717) is 5.57 Å². The minimum atomic E-state index is 0. The highest BCUT2D eigenvalue weighted by Crippen LogP contribution is 1.88. The zero-order valence-electron chi connectivity index (χ0n) is 6.66. The molecule has 0 aliphatic carbocycles. The number of aliphatic hydroxyl groups excluding tert-OH is 2. The zero-order valence-corrected chi connectivity index (χ0v) is 7.47. The lowest BCUT2D eigenvalue weighted by Crippen LogP contribution is -1.80. The molecular weight excluding hydrogens is 164 g/mol. The van der Waals surface area contributed by atoms with E-state index in [4.69, 9.17) is 10.2 Å². The second kappa shape index (κ2) is 16.2. The molecule has 3 heteroatoms. The van der Waals surface area contributed by atoms with Crippen LogP contribution in [-0.2, 0) is 0 Å². The Kier molecular flexibility index (Phi) is 24.8. The highest BCUT2D eigenvalue weighted by molar-refractivity contribution is 5.85. The number of halogens is 1. The fourth-order valence-electron chi connectivity index (χ4n) is 0.257. The number of aliphatic hydroxyl groups is 2. The second-order valence-corrected chi connectivity index (χ2v) is 1.41. The maximum absolute atomic E-state index is 8.38. The van der Waals surface area contributed by atoms with E-state index in [9.17, 15) is 0 Å². The van der Waals surface area contributed by atoms with E-state index in [-0.39, 0.29) is 19.0 Å². The van der Waals surface area contributed by atoms with Crippen LogP contribution in [0.4, 0.5) is 0 Å². The summed E-state index contributed by atoms with van der Waals surface area (Å²) in [5.74, 6) is 0. The average molecular weight is 179 g/mol. The first-order valence-electron chi connectivity index (χ1n) is 2.83. The zero-order chi connectivity index (χ0) is 8.41. The minimum Gasteiger partial charge on any atom is -0.400 e. The molecule has 0 amide bonds. The normalized spacial score (nSPS) is 7.55. The molecule has 0 heterocycles. The second-order valence-electron chi connectivity index (χ2n) is 1.41. The maximum Gasteiger partial charge on any atom is 0.0676 e. The largest absolute Gasteiger partial charge is 0.400 e. The van der Waals surface area contributed by atoms with Crippen LogP contribution in [-0.4, -0.2) is 23.9 Å². The summed E-state index contributed by atoms with van der Waals surface area (Å²) < 4.78 is 0. The van der Waals surface area contributed by atoms with Crippen LogP contribution in [0.25, 0.3) is 0 Å². The molecular formula is C8H15ClO2. The molecule has 0 aliphatic heterocycles. The third-order valence-corrected chi connectivity index (χ3v) is 0.671. The van der Waals surface area contributed by atoms with E-state index >= 15 is 0 Å². The maximum atomic E-state index is 8.38. The van der Waals surface area contributed by atoms with Crippen molar-refractivity contribution < 1.29 is 10.2 Å². The van der Waals surface area contributed by atoms with Gasteiger partial charge in [-0.05, 0) is 5.57 Å². The highest BCUT2D eigenvalue weighted by Gasteiger charge is 1.77. The first kappa shape index (κ1) is 16.8. The third kappa shape index (κ3) is 17.7. The van der Waals surface area contributed by atoms with Gasteiger partial charge in [-0.1, -0.05) is 31.4 Å². The summed E-state index contributed by atoms with van der Waals surface area (Å²) >= 11 is 0. The Bertz CT molecular complexity index is 119. The van der Waals surface area contributed by atoms with Gasteiger partial charge in [0.2, 0.25) is 0 Å². The van der Waals surface area contributed by atoms with Crippen LogP contribution in [0.3, 0.4) is 0 Å². The van der Waals surface area contributed by atoms with Crippen LogP contribution in [0.1, 0.15) is 0 Å². The number of hydrogen-bond acceptors (Lipinski definition) is 2. The van der Waals surface area contributed by atoms with Gasteiger partial charge in [-0.3, -0.25) is 0 Å². The van der Waals surface area contributed by atoms with E-state index in [1.807, 2.05) is 0 Å². The van der Waals surface area contributed by atoms with Crippen LogP contribution in [0, 0.1) is 0 Å². The average Bonchev–Trinajstić information content (AvgIpc) is 2.04. The number of hydrogen-bond donors (Lipinski definition) is 2. The molecule has 66 valence electrons. The van der Waals surface area contributed by atoms with Crippen LogP contribution in [0.2, 0.25) is 0 Å². The van der Waals surface area contributed by atoms with E-state index in [2.05, 4.69) is 13.2 Å². The van der Waals surface area contributed by atoms with E-state index in [1.54, 1.807) is 18.2 Å². The monoisotopic (exact) mass is 178 g/mol. The van der Waals surface area contributed by atoms with E-state index in [0.717, 1.165) is 7.11 Å². The fraction of sp³-hybridized carbons (Fsp3) is 0.250. The van der Waals surface area contributed by atoms with Gasteiger partial charge >= 0.3 is 0 Å². The van der Waals surface area contributed by atoms with Crippen LogP contribution < -0.4 is 0 Å². The molecule has 0 aromatic carbocycles. The van der Waals surface area contributed by atoms with Crippen molar-refractivity contribution in [3.63, 3.8) is 0 Å². The van der Waals surface area contributed by atoms with Gasteiger partial charge in [0.15, 0.2) is 0 Å². The molecule has 0 atom stereocenters. The van der Waals surface area contributed by atoms with Gasteiger partial charge in [0.25, 0.3) is 0 Å². The Morgan fingerprint density at radius 3 is 2.18 bits per heavy atom. The molecule has 0 aromatic rings. The van der Waals surface area contributed by atoms with Crippen LogP contribution >= 0.6 is 12.4 Å². The molecule has 0 unspecified atom stereocenters.